The Morgan fingerprint density at radius 2 is 1.86 bits per heavy atom. The fraction of sp³-hybridized carbons (Fsp3) is 0.111. The molecule has 0 saturated heterocycles. The van der Waals surface area contributed by atoms with Crippen LogP contribution in [0.15, 0.2) is 48.5 Å². The first kappa shape index (κ1) is 17.9. The van der Waals surface area contributed by atoms with Crippen molar-refractivity contribution in [2.24, 2.45) is 0 Å². The zero-order chi connectivity index (χ0) is 19.5. The number of fused-ring (bicyclic) bond motifs is 1. The van der Waals surface area contributed by atoms with Crippen molar-refractivity contribution >= 4 is 29.4 Å². The van der Waals surface area contributed by atoms with Crippen molar-refractivity contribution in [3.8, 4) is 17.5 Å². The number of aromatic nitrogens is 5. The third-order valence-electron chi connectivity index (χ3n) is 4.21. The first-order chi connectivity index (χ1) is 13.7. The van der Waals surface area contributed by atoms with Gasteiger partial charge in [-0.1, -0.05) is 48.5 Å². The van der Waals surface area contributed by atoms with Crippen LogP contribution < -0.4 is 15.5 Å². The summed E-state index contributed by atoms with van der Waals surface area (Å²) in [4.78, 5) is 13.0. The van der Waals surface area contributed by atoms with Crippen LogP contribution in [0.3, 0.4) is 0 Å². The van der Waals surface area contributed by atoms with Gasteiger partial charge >= 0.3 is 13.1 Å². The highest BCUT2D eigenvalue weighted by Crippen LogP contribution is 2.24. The molecule has 0 bridgehead atoms. The van der Waals surface area contributed by atoms with Gasteiger partial charge < -0.3 is 20.1 Å². The number of rotatable bonds is 6. The van der Waals surface area contributed by atoms with E-state index in [0.717, 1.165) is 5.56 Å². The lowest BCUT2D eigenvalue weighted by atomic mass is 9.79. The van der Waals surface area contributed by atoms with E-state index in [2.05, 4.69) is 30.5 Å². The van der Waals surface area contributed by atoms with E-state index < -0.39 is 7.12 Å². The van der Waals surface area contributed by atoms with Gasteiger partial charge in [0.15, 0.2) is 5.82 Å². The number of para-hydroxylation sites is 1. The molecule has 10 heteroatoms. The van der Waals surface area contributed by atoms with Gasteiger partial charge in [-0.05, 0) is 5.56 Å². The number of hydrogen-bond donors (Lipinski definition) is 4. The number of benzene rings is 2. The van der Waals surface area contributed by atoms with Gasteiger partial charge in [-0.2, -0.15) is 20.1 Å². The van der Waals surface area contributed by atoms with E-state index in [1.165, 1.54) is 7.11 Å². The monoisotopic (exact) mass is 376 g/mol. The molecule has 0 aliphatic carbocycles. The minimum Gasteiger partial charge on any atom is -0.467 e. The van der Waals surface area contributed by atoms with Crippen molar-refractivity contribution in [1.82, 2.24) is 25.1 Å². The maximum atomic E-state index is 9.54. The molecule has 0 aliphatic heterocycles. The molecular weight excluding hydrogens is 359 g/mol. The van der Waals surface area contributed by atoms with Crippen LogP contribution in [-0.2, 0) is 6.54 Å². The molecule has 4 rings (SSSR count). The van der Waals surface area contributed by atoms with Crippen LogP contribution in [0.2, 0.25) is 0 Å². The summed E-state index contributed by atoms with van der Waals surface area (Å²) < 4.78 is 5.20. The van der Waals surface area contributed by atoms with E-state index in [-0.39, 0.29) is 6.01 Å². The normalized spacial score (nSPS) is 10.8. The molecule has 2 aromatic carbocycles. The van der Waals surface area contributed by atoms with Crippen molar-refractivity contribution in [2.75, 3.05) is 12.4 Å². The van der Waals surface area contributed by atoms with Crippen molar-refractivity contribution in [3.63, 3.8) is 0 Å². The number of nitrogens with one attached hydrogen (secondary N) is 2. The molecule has 0 unspecified atom stereocenters. The van der Waals surface area contributed by atoms with Crippen LogP contribution >= 0.6 is 0 Å². The highest BCUT2D eigenvalue weighted by Gasteiger charge is 2.20. The SMILES string of the molecule is COc1nc(NCc2ccccc2)nc(-c2n[nH]c3c(B(O)O)cccc23)n1. The molecule has 4 aromatic rings. The number of nitrogens with zero attached hydrogens (tertiary/aromatic N) is 4. The Morgan fingerprint density at radius 1 is 1.04 bits per heavy atom. The van der Waals surface area contributed by atoms with Crippen LogP contribution in [0.4, 0.5) is 5.95 Å². The molecule has 0 radical (unpaired) electrons. The van der Waals surface area contributed by atoms with Gasteiger partial charge in [0.1, 0.15) is 5.69 Å². The molecule has 9 nitrogen and oxygen atoms in total. The van der Waals surface area contributed by atoms with Crippen molar-refractivity contribution < 1.29 is 14.8 Å². The van der Waals surface area contributed by atoms with E-state index in [4.69, 9.17) is 4.74 Å². The zero-order valence-electron chi connectivity index (χ0n) is 15.0. The van der Waals surface area contributed by atoms with Gasteiger partial charge in [0.25, 0.3) is 0 Å². The Morgan fingerprint density at radius 3 is 2.61 bits per heavy atom. The first-order valence-electron chi connectivity index (χ1n) is 8.57. The van der Waals surface area contributed by atoms with Crippen LogP contribution in [-0.4, -0.2) is 49.4 Å². The topological polar surface area (TPSA) is 129 Å². The summed E-state index contributed by atoms with van der Waals surface area (Å²) in [6, 6.07) is 15.1. The molecule has 0 fully saturated rings. The summed E-state index contributed by atoms with van der Waals surface area (Å²) in [6.07, 6.45) is 0. The number of H-pyrrole nitrogens is 1. The Labute approximate surface area is 160 Å². The van der Waals surface area contributed by atoms with Gasteiger partial charge in [0.2, 0.25) is 5.95 Å². The fourth-order valence-corrected chi connectivity index (χ4v) is 2.86. The van der Waals surface area contributed by atoms with Crippen molar-refractivity contribution in [1.29, 1.82) is 0 Å². The molecule has 28 heavy (non-hydrogen) atoms. The quantitative estimate of drug-likeness (QED) is 0.362. The summed E-state index contributed by atoms with van der Waals surface area (Å²) in [5.74, 6) is 0.651. The van der Waals surface area contributed by atoms with Crippen LogP contribution in [0.25, 0.3) is 22.4 Å². The molecule has 0 spiro atoms. The third-order valence-corrected chi connectivity index (χ3v) is 4.21. The number of methoxy groups -OCH3 is 1. The summed E-state index contributed by atoms with van der Waals surface area (Å²) in [5.41, 5.74) is 2.36. The fourth-order valence-electron chi connectivity index (χ4n) is 2.86. The maximum absolute atomic E-state index is 9.54. The number of ether oxygens (including phenoxy) is 1. The largest absolute Gasteiger partial charge is 0.490 e. The highest BCUT2D eigenvalue weighted by molar-refractivity contribution is 6.61. The summed E-state index contributed by atoms with van der Waals surface area (Å²) in [6.45, 7) is 0.537. The molecule has 0 atom stereocenters. The average Bonchev–Trinajstić information content (AvgIpc) is 3.17. The molecule has 2 heterocycles. The van der Waals surface area contributed by atoms with Crippen LogP contribution in [0.1, 0.15) is 5.56 Å². The second-order valence-electron chi connectivity index (χ2n) is 6.02. The van der Waals surface area contributed by atoms with Gasteiger partial charge in [0.05, 0.1) is 12.6 Å². The molecule has 140 valence electrons. The van der Waals surface area contributed by atoms with Gasteiger partial charge in [-0.25, -0.2) is 0 Å². The first-order valence-corrected chi connectivity index (χ1v) is 8.57. The van der Waals surface area contributed by atoms with E-state index in [1.54, 1.807) is 18.2 Å². The lowest BCUT2D eigenvalue weighted by Gasteiger charge is -2.08. The summed E-state index contributed by atoms with van der Waals surface area (Å²) in [5, 5.41) is 30.0. The van der Waals surface area contributed by atoms with Gasteiger partial charge in [-0.3, -0.25) is 5.10 Å². The van der Waals surface area contributed by atoms with E-state index in [9.17, 15) is 10.0 Å². The van der Waals surface area contributed by atoms with Gasteiger partial charge in [0, 0.05) is 17.4 Å². The Kier molecular flexibility index (Phi) is 4.88. The maximum Gasteiger partial charge on any atom is 0.490 e. The van der Waals surface area contributed by atoms with Gasteiger partial charge in [-0.15, -0.1) is 0 Å². The molecular formula is C18H17BN6O3. The second kappa shape index (κ2) is 7.63. The number of anilines is 1. The molecule has 0 saturated carbocycles. The molecule has 2 aromatic heterocycles. The lowest BCUT2D eigenvalue weighted by Crippen LogP contribution is -2.30. The van der Waals surface area contributed by atoms with Crippen molar-refractivity contribution in [2.45, 2.75) is 6.54 Å². The molecule has 0 amide bonds. The lowest BCUT2D eigenvalue weighted by molar-refractivity contribution is 0.379. The smallest absolute Gasteiger partial charge is 0.467 e. The number of aromatic amines is 1. The molecule has 4 N–H and O–H groups in total. The van der Waals surface area contributed by atoms with Crippen LogP contribution in [0.5, 0.6) is 6.01 Å². The van der Waals surface area contributed by atoms with E-state index >= 15 is 0 Å². The minimum atomic E-state index is -1.62. The molecule has 0 aliphatic rings. The summed E-state index contributed by atoms with van der Waals surface area (Å²) >= 11 is 0. The Balaban J connectivity index is 1.72. The minimum absolute atomic E-state index is 0.148. The number of hydrogen-bond acceptors (Lipinski definition) is 8. The Hall–Kier alpha value is -3.50. The van der Waals surface area contributed by atoms with E-state index in [1.807, 2.05) is 30.3 Å². The standard InChI is InChI=1S/C18H17BN6O3/c1-28-18-22-16(21-17(23-18)20-10-11-6-3-2-4-7-11)15-12-8-5-9-13(19(26)27)14(12)24-25-15/h2-9,26-27H,10H2,1H3,(H,24,25)(H,20,21,22,23). The Bertz CT molecular complexity index is 1100. The van der Waals surface area contributed by atoms with Crippen LogP contribution in [0, 0.1) is 0 Å². The average molecular weight is 376 g/mol. The summed E-state index contributed by atoms with van der Waals surface area (Å²) in [7, 11) is -0.142. The predicted molar refractivity (Wildman–Crippen MR) is 105 cm³/mol. The third kappa shape index (κ3) is 3.50. The van der Waals surface area contributed by atoms with Crippen molar-refractivity contribution in [3.05, 3.63) is 54.1 Å². The predicted octanol–water partition coefficient (Wildman–Crippen LogP) is 0.715. The second-order valence-corrected chi connectivity index (χ2v) is 6.02. The zero-order valence-corrected chi connectivity index (χ0v) is 15.0. The highest BCUT2D eigenvalue weighted by atomic mass is 16.5. The van der Waals surface area contributed by atoms with E-state index in [0.29, 0.717) is 40.4 Å².